The summed E-state index contributed by atoms with van der Waals surface area (Å²) in [5, 5.41) is 1.10. The summed E-state index contributed by atoms with van der Waals surface area (Å²) in [6, 6.07) is 2.20. The van der Waals surface area contributed by atoms with Gasteiger partial charge in [-0.2, -0.15) is 0 Å². The van der Waals surface area contributed by atoms with Crippen molar-refractivity contribution < 1.29 is 18.3 Å². The summed E-state index contributed by atoms with van der Waals surface area (Å²) in [4.78, 5) is 0. The van der Waals surface area contributed by atoms with Gasteiger partial charge in [0.1, 0.15) is 19.8 Å². The second kappa shape index (κ2) is 6.39. The van der Waals surface area contributed by atoms with Crippen molar-refractivity contribution in [3.63, 3.8) is 0 Å². The monoisotopic (exact) mass is 370 g/mol. The Balaban J connectivity index is 2.48. The summed E-state index contributed by atoms with van der Waals surface area (Å²) in [6.07, 6.45) is 2.58. The molecular weight excluding hydrogens is 336 g/mol. The van der Waals surface area contributed by atoms with Gasteiger partial charge in [0.2, 0.25) is 0 Å². The van der Waals surface area contributed by atoms with Crippen molar-refractivity contribution in [2.45, 2.75) is 84.0 Å². The first kappa shape index (κ1) is 19.9. The highest BCUT2D eigenvalue weighted by molar-refractivity contribution is 6.87. The zero-order valence-corrected chi connectivity index (χ0v) is 18.8. The standard InChI is InChI=1S/C18H34O4Si2/c1-10-18(22-24(7,8)9,15-13-20-17(2,3)21-15)14-11-16(19-12-14)23(4,5)6/h11-12,15H,10,13H2,1-9H3/t15-,18+/m1/s1. The molecule has 0 aliphatic carbocycles. The summed E-state index contributed by atoms with van der Waals surface area (Å²) in [5.41, 5.74) is 0.579. The largest absolute Gasteiger partial charge is 0.474 e. The van der Waals surface area contributed by atoms with Gasteiger partial charge in [0.15, 0.2) is 14.1 Å². The van der Waals surface area contributed by atoms with E-state index in [2.05, 4.69) is 52.3 Å². The van der Waals surface area contributed by atoms with E-state index in [-0.39, 0.29) is 6.10 Å². The summed E-state index contributed by atoms with van der Waals surface area (Å²) in [5.74, 6) is -0.570. The highest BCUT2D eigenvalue weighted by atomic mass is 28.4. The van der Waals surface area contributed by atoms with Crippen LogP contribution in [0.2, 0.25) is 39.3 Å². The van der Waals surface area contributed by atoms with Crippen molar-refractivity contribution in [2.24, 2.45) is 0 Å². The van der Waals surface area contributed by atoms with E-state index in [1.54, 1.807) is 0 Å². The van der Waals surface area contributed by atoms with Crippen molar-refractivity contribution in [3.8, 4) is 0 Å². The Morgan fingerprint density at radius 3 is 2.21 bits per heavy atom. The van der Waals surface area contributed by atoms with Gasteiger partial charge in [0.05, 0.1) is 18.3 Å². The molecule has 0 amide bonds. The van der Waals surface area contributed by atoms with E-state index in [0.29, 0.717) is 6.61 Å². The number of hydrogen-bond donors (Lipinski definition) is 0. The summed E-state index contributed by atoms with van der Waals surface area (Å²) in [6.45, 7) is 20.2. The van der Waals surface area contributed by atoms with Gasteiger partial charge in [-0.1, -0.05) is 26.6 Å². The fourth-order valence-corrected chi connectivity index (χ4v) is 5.72. The number of rotatable bonds is 6. The SMILES string of the molecule is CC[C@](O[Si](C)(C)C)(c1coc([Si](C)(C)C)c1)[C@H]1COC(C)(C)O1. The molecule has 0 N–H and O–H groups in total. The van der Waals surface area contributed by atoms with Crippen LogP contribution in [0.5, 0.6) is 0 Å². The zero-order valence-electron chi connectivity index (χ0n) is 16.8. The quantitative estimate of drug-likeness (QED) is 0.695. The first-order valence-electron chi connectivity index (χ1n) is 8.90. The molecule has 1 fully saturated rings. The lowest BCUT2D eigenvalue weighted by Gasteiger charge is -2.41. The predicted molar refractivity (Wildman–Crippen MR) is 103 cm³/mol. The third kappa shape index (κ3) is 4.22. The molecule has 1 saturated heterocycles. The molecule has 1 aliphatic heterocycles. The molecule has 0 aromatic carbocycles. The van der Waals surface area contributed by atoms with E-state index in [4.69, 9.17) is 18.3 Å². The minimum Gasteiger partial charge on any atom is -0.474 e. The van der Waals surface area contributed by atoms with Crippen LogP contribution in [-0.4, -0.2) is 34.9 Å². The molecule has 0 saturated carbocycles. The van der Waals surface area contributed by atoms with Crippen molar-refractivity contribution in [1.82, 2.24) is 0 Å². The summed E-state index contributed by atoms with van der Waals surface area (Å²) < 4.78 is 24.8. The Morgan fingerprint density at radius 1 is 1.21 bits per heavy atom. The van der Waals surface area contributed by atoms with Crippen molar-refractivity contribution in [2.75, 3.05) is 6.61 Å². The van der Waals surface area contributed by atoms with E-state index in [0.717, 1.165) is 17.4 Å². The van der Waals surface area contributed by atoms with Crippen LogP contribution in [-0.2, 0) is 19.5 Å². The van der Waals surface area contributed by atoms with Gasteiger partial charge < -0.3 is 18.3 Å². The van der Waals surface area contributed by atoms with Gasteiger partial charge in [0, 0.05) is 5.56 Å². The van der Waals surface area contributed by atoms with Crippen LogP contribution in [0.4, 0.5) is 0 Å². The fourth-order valence-electron chi connectivity index (χ4n) is 3.23. The minimum atomic E-state index is -1.81. The molecule has 2 atom stereocenters. The molecular formula is C18H34O4Si2. The highest BCUT2D eigenvalue weighted by Gasteiger charge is 2.50. The van der Waals surface area contributed by atoms with Crippen LogP contribution in [0.15, 0.2) is 16.7 Å². The van der Waals surface area contributed by atoms with Crippen LogP contribution >= 0.6 is 0 Å². The van der Waals surface area contributed by atoms with E-state index >= 15 is 0 Å². The molecule has 0 radical (unpaired) electrons. The zero-order chi connectivity index (χ0) is 18.4. The lowest BCUT2D eigenvalue weighted by Crippen LogP contribution is -2.50. The maximum absolute atomic E-state index is 6.75. The van der Waals surface area contributed by atoms with Gasteiger partial charge in [-0.25, -0.2) is 0 Å². The first-order chi connectivity index (χ1) is 10.8. The van der Waals surface area contributed by atoms with Gasteiger partial charge >= 0.3 is 0 Å². The Kier molecular flexibility index (Phi) is 5.30. The highest BCUT2D eigenvalue weighted by Crippen LogP contribution is 2.42. The second-order valence-electron chi connectivity index (χ2n) is 9.22. The molecule has 24 heavy (non-hydrogen) atoms. The Labute approximate surface area is 149 Å². The predicted octanol–water partition coefficient (Wildman–Crippen LogP) is 4.43. The molecule has 1 aromatic rings. The molecule has 0 spiro atoms. The summed E-state index contributed by atoms with van der Waals surface area (Å²) in [7, 11) is -3.33. The van der Waals surface area contributed by atoms with Crippen LogP contribution in [0.1, 0.15) is 32.8 Å². The van der Waals surface area contributed by atoms with E-state index in [1.807, 2.05) is 20.1 Å². The minimum absolute atomic E-state index is 0.128. The second-order valence-corrected chi connectivity index (χ2v) is 18.6. The third-order valence-electron chi connectivity index (χ3n) is 4.37. The van der Waals surface area contributed by atoms with E-state index < -0.39 is 27.8 Å². The van der Waals surface area contributed by atoms with Crippen molar-refractivity contribution in [3.05, 3.63) is 17.9 Å². The lowest BCUT2D eigenvalue weighted by atomic mass is 9.88. The molecule has 0 bridgehead atoms. The number of furan rings is 1. The maximum Gasteiger partial charge on any atom is 0.185 e. The number of hydrogen-bond acceptors (Lipinski definition) is 4. The van der Waals surface area contributed by atoms with Crippen LogP contribution < -0.4 is 5.38 Å². The molecule has 0 unspecified atom stereocenters. The molecule has 2 rings (SSSR count). The van der Waals surface area contributed by atoms with Gasteiger partial charge in [-0.3, -0.25) is 0 Å². The molecule has 6 heteroatoms. The number of ether oxygens (including phenoxy) is 2. The Bertz CT molecular complexity index is 568. The van der Waals surface area contributed by atoms with E-state index in [9.17, 15) is 0 Å². The molecule has 1 aromatic heterocycles. The van der Waals surface area contributed by atoms with Crippen molar-refractivity contribution in [1.29, 1.82) is 0 Å². The van der Waals surface area contributed by atoms with Crippen LogP contribution in [0, 0.1) is 0 Å². The van der Waals surface area contributed by atoms with Crippen molar-refractivity contribution >= 4 is 21.8 Å². The molecule has 4 nitrogen and oxygen atoms in total. The average Bonchev–Trinajstić information content (AvgIpc) is 3.01. The summed E-state index contributed by atoms with van der Waals surface area (Å²) >= 11 is 0. The van der Waals surface area contributed by atoms with Gasteiger partial charge in [-0.05, 0) is 46.0 Å². The molecule has 1 aliphatic rings. The van der Waals surface area contributed by atoms with Crippen LogP contribution in [0.3, 0.4) is 0 Å². The molecule has 2 heterocycles. The average molecular weight is 371 g/mol. The fraction of sp³-hybridized carbons (Fsp3) is 0.778. The Hall–Kier alpha value is -0.406. The third-order valence-corrected chi connectivity index (χ3v) is 7.09. The normalized spacial score (nSPS) is 24.1. The lowest BCUT2D eigenvalue weighted by molar-refractivity contribution is -0.169. The van der Waals surface area contributed by atoms with Crippen LogP contribution in [0.25, 0.3) is 0 Å². The first-order valence-corrected chi connectivity index (χ1v) is 15.8. The maximum atomic E-state index is 6.75. The van der Waals surface area contributed by atoms with E-state index in [1.165, 1.54) is 0 Å². The van der Waals surface area contributed by atoms with Gasteiger partial charge in [-0.15, -0.1) is 0 Å². The Morgan fingerprint density at radius 2 is 1.83 bits per heavy atom. The topological polar surface area (TPSA) is 40.8 Å². The smallest absolute Gasteiger partial charge is 0.185 e. The van der Waals surface area contributed by atoms with Gasteiger partial charge in [0.25, 0.3) is 0 Å². The molecule has 138 valence electrons.